The number of pyridine rings is 1. The average molecular weight is 401 g/mol. The number of nitrogens with zero attached hydrogens (tertiary/aromatic N) is 4. The minimum Gasteiger partial charge on any atom is -0.373 e. The van der Waals surface area contributed by atoms with Crippen molar-refractivity contribution in [1.29, 1.82) is 0 Å². The molecule has 0 aliphatic carbocycles. The Bertz CT molecular complexity index is 1060. The van der Waals surface area contributed by atoms with E-state index < -0.39 is 11.7 Å². The molecule has 4 rings (SSSR count). The Balaban J connectivity index is 1.74. The summed E-state index contributed by atoms with van der Waals surface area (Å²) >= 11 is 0. The van der Waals surface area contributed by atoms with E-state index >= 15 is 0 Å². The highest BCUT2D eigenvalue weighted by molar-refractivity contribution is 6.09. The first kappa shape index (κ1) is 19.0. The van der Waals surface area contributed by atoms with Crippen molar-refractivity contribution in [3.05, 3.63) is 60.0 Å². The van der Waals surface area contributed by atoms with Gasteiger partial charge in [0.15, 0.2) is 0 Å². The van der Waals surface area contributed by atoms with Gasteiger partial charge in [-0.25, -0.2) is 4.98 Å². The molecule has 9 heteroatoms. The molecule has 1 atom stereocenters. The third-order valence-electron chi connectivity index (χ3n) is 4.94. The average Bonchev–Trinajstić information content (AvgIpc) is 3.16. The van der Waals surface area contributed by atoms with Crippen LogP contribution in [0.5, 0.6) is 0 Å². The van der Waals surface area contributed by atoms with Crippen LogP contribution in [0.3, 0.4) is 0 Å². The lowest BCUT2D eigenvalue weighted by Crippen LogP contribution is -2.42. The number of anilines is 2. The molecule has 0 saturated carbocycles. The fraction of sp³-hybridized carbons (Fsp3) is 0.250. The molecule has 6 nitrogen and oxygen atoms in total. The van der Waals surface area contributed by atoms with E-state index in [0.29, 0.717) is 29.3 Å². The van der Waals surface area contributed by atoms with E-state index in [1.807, 2.05) is 13.0 Å². The number of aromatic nitrogens is 3. The zero-order valence-electron chi connectivity index (χ0n) is 15.7. The molecular weight excluding hydrogens is 383 g/mol. The number of hydrogen-bond acceptors (Lipinski definition) is 4. The van der Waals surface area contributed by atoms with Crippen LogP contribution in [-0.2, 0) is 6.18 Å². The number of halogens is 3. The van der Waals surface area contributed by atoms with Gasteiger partial charge in [-0.1, -0.05) is 0 Å². The molecule has 0 saturated heterocycles. The lowest BCUT2D eigenvalue weighted by molar-refractivity contribution is -0.137. The summed E-state index contributed by atoms with van der Waals surface area (Å²) in [5.74, 6) is 0.344. The molecule has 1 unspecified atom stereocenters. The minimum absolute atomic E-state index is 0.135. The SMILES string of the molecule is CNc1cc(-c2cnn3c2C(=O)N(c2ccc(C(F)(F)F)cc2)CC3C)ccn1. The third-order valence-corrected chi connectivity index (χ3v) is 4.94. The van der Waals surface area contributed by atoms with Gasteiger partial charge in [0.1, 0.15) is 11.5 Å². The van der Waals surface area contributed by atoms with Crippen molar-refractivity contribution in [3.8, 4) is 11.1 Å². The Morgan fingerprint density at radius 2 is 1.90 bits per heavy atom. The van der Waals surface area contributed by atoms with E-state index in [-0.39, 0.29) is 11.9 Å². The molecule has 3 heterocycles. The number of amides is 1. The monoisotopic (exact) mass is 401 g/mol. The Kier molecular flexibility index (Phi) is 4.52. The molecule has 1 aliphatic heterocycles. The van der Waals surface area contributed by atoms with Crippen LogP contribution in [0.1, 0.15) is 29.0 Å². The Morgan fingerprint density at radius 3 is 2.55 bits per heavy atom. The van der Waals surface area contributed by atoms with Gasteiger partial charge in [-0.2, -0.15) is 18.3 Å². The van der Waals surface area contributed by atoms with Gasteiger partial charge in [0.25, 0.3) is 5.91 Å². The molecule has 0 radical (unpaired) electrons. The van der Waals surface area contributed by atoms with Gasteiger partial charge in [0.2, 0.25) is 0 Å². The maximum atomic E-state index is 13.3. The molecule has 1 aromatic carbocycles. The van der Waals surface area contributed by atoms with Gasteiger partial charge in [-0.05, 0) is 48.9 Å². The maximum Gasteiger partial charge on any atom is 0.416 e. The highest BCUT2D eigenvalue weighted by atomic mass is 19.4. The van der Waals surface area contributed by atoms with E-state index in [1.54, 1.807) is 30.2 Å². The van der Waals surface area contributed by atoms with E-state index in [0.717, 1.165) is 17.7 Å². The molecule has 1 aliphatic rings. The quantitative estimate of drug-likeness (QED) is 0.714. The molecule has 29 heavy (non-hydrogen) atoms. The molecule has 1 amide bonds. The molecule has 0 spiro atoms. The number of carbonyl (C=O) groups excluding carboxylic acids is 1. The second-order valence-corrected chi connectivity index (χ2v) is 6.84. The zero-order valence-corrected chi connectivity index (χ0v) is 15.7. The molecule has 0 bridgehead atoms. The van der Waals surface area contributed by atoms with Gasteiger partial charge >= 0.3 is 6.18 Å². The number of alkyl halides is 3. The third kappa shape index (κ3) is 3.32. The number of hydrogen-bond donors (Lipinski definition) is 1. The fourth-order valence-corrected chi connectivity index (χ4v) is 3.46. The second-order valence-electron chi connectivity index (χ2n) is 6.84. The largest absolute Gasteiger partial charge is 0.416 e. The normalized spacial score (nSPS) is 16.7. The van der Waals surface area contributed by atoms with Crippen LogP contribution in [0, 0.1) is 0 Å². The number of nitrogens with one attached hydrogen (secondary N) is 1. The molecule has 0 fully saturated rings. The highest BCUT2D eigenvalue weighted by Crippen LogP contribution is 2.35. The predicted octanol–water partition coefficient (Wildman–Crippen LogP) is 4.23. The first-order valence-corrected chi connectivity index (χ1v) is 9.00. The zero-order chi connectivity index (χ0) is 20.8. The number of rotatable bonds is 3. The summed E-state index contributed by atoms with van der Waals surface area (Å²) in [4.78, 5) is 18.9. The van der Waals surface area contributed by atoms with E-state index in [9.17, 15) is 18.0 Å². The summed E-state index contributed by atoms with van der Waals surface area (Å²) in [5, 5.41) is 7.33. The van der Waals surface area contributed by atoms with Crippen LogP contribution in [0.4, 0.5) is 24.7 Å². The molecule has 2 aromatic heterocycles. The topological polar surface area (TPSA) is 63.1 Å². The summed E-state index contributed by atoms with van der Waals surface area (Å²) in [7, 11) is 1.75. The summed E-state index contributed by atoms with van der Waals surface area (Å²) in [5.41, 5.74) is 1.49. The molecule has 150 valence electrons. The van der Waals surface area contributed by atoms with Gasteiger partial charge in [0.05, 0.1) is 17.8 Å². The first-order chi connectivity index (χ1) is 13.8. The van der Waals surface area contributed by atoms with Crippen LogP contribution < -0.4 is 10.2 Å². The van der Waals surface area contributed by atoms with Gasteiger partial charge in [-0.15, -0.1) is 0 Å². The van der Waals surface area contributed by atoms with Gasteiger partial charge < -0.3 is 10.2 Å². The second kappa shape index (κ2) is 6.91. The highest BCUT2D eigenvalue weighted by Gasteiger charge is 2.35. The van der Waals surface area contributed by atoms with E-state index in [1.165, 1.54) is 17.0 Å². The van der Waals surface area contributed by atoms with E-state index in [4.69, 9.17) is 0 Å². The van der Waals surface area contributed by atoms with Crippen molar-refractivity contribution in [2.24, 2.45) is 0 Å². The summed E-state index contributed by atoms with van der Waals surface area (Å²) in [6, 6.07) is 8.09. The van der Waals surface area contributed by atoms with Crippen molar-refractivity contribution in [2.75, 3.05) is 23.8 Å². The van der Waals surface area contributed by atoms with Crippen LogP contribution in [0.15, 0.2) is 48.8 Å². The van der Waals surface area contributed by atoms with Crippen molar-refractivity contribution in [1.82, 2.24) is 14.8 Å². The van der Waals surface area contributed by atoms with Crippen molar-refractivity contribution in [3.63, 3.8) is 0 Å². The van der Waals surface area contributed by atoms with Crippen molar-refractivity contribution in [2.45, 2.75) is 19.1 Å². The summed E-state index contributed by atoms with van der Waals surface area (Å²) in [6.07, 6.45) is -1.15. The minimum atomic E-state index is -4.42. The van der Waals surface area contributed by atoms with Gasteiger partial charge in [-0.3, -0.25) is 9.48 Å². The van der Waals surface area contributed by atoms with Crippen molar-refractivity contribution >= 4 is 17.4 Å². The molecule has 1 N–H and O–H groups in total. The first-order valence-electron chi connectivity index (χ1n) is 9.00. The fourth-order valence-electron chi connectivity index (χ4n) is 3.46. The number of benzene rings is 1. The predicted molar refractivity (Wildman–Crippen MR) is 103 cm³/mol. The standard InChI is InChI=1S/C20H18F3N5O/c1-12-11-27(15-5-3-14(4-6-15)20(21,22)23)19(29)18-16(10-26-28(12)18)13-7-8-25-17(9-13)24-2/h3-10,12H,11H2,1-2H3,(H,24,25). The van der Waals surface area contributed by atoms with E-state index in [2.05, 4.69) is 15.4 Å². The smallest absolute Gasteiger partial charge is 0.373 e. The summed E-state index contributed by atoms with van der Waals surface area (Å²) in [6.45, 7) is 2.23. The van der Waals surface area contributed by atoms with Crippen LogP contribution in [-0.4, -0.2) is 34.3 Å². The molecule has 3 aromatic rings. The Morgan fingerprint density at radius 1 is 1.17 bits per heavy atom. The number of carbonyl (C=O) groups is 1. The molecular formula is C20H18F3N5O. The van der Waals surface area contributed by atoms with Crippen LogP contribution in [0.2, 0.25) is 0 Å². The lowest BCUT2D eigenvalue weighted by Gasteiger charge is -2.32. The van der Waals surface area contributed by atoms with Crippen LogP contribution >= 0.6 is 0 Å². The lowest BCUT2D eigenvalue weighted by atomic mass is 10.0. The van der Waals surface area contributed by atoms with Crippen LogP contribution in [0.25, 0.3) is 11.1 Å². The van der Waals surface area contributed by atoms with Crippen molar-refractivity contribution < 1.29 is 18.0 Å². The maximum absolute atomic E-state index is 13.3. The van der Waals surface area contributed by atoms with Gasteiger partial charge in [0, 0.05) is 31.0 Å². The number of fused-ring (bicyclic) bond motifs is 1. The Labute approximate surface area is 165 Å². The Hall–Kier alpha value is -3.36. The summed E-state index contributed by atoms with van der Waals surface area (Å²) < 4.78 is 40.2.